The molecule has 0 spiro atoms. The van der Waals surface area contributed by atoms with Crippen LogP contribution in [-0.2, 0) is 9.53 Å². The number of hydrogen-bond acceptors (Lipinski definition) is 3. The molecule has 0 N–H and O–H groups in total. The van der Waals surface area contributed by atoms with Gasteiger partial charge in [0.25, 0.3) is 0 Å². The minimum atomic E-state index is -0.539. The van der Waals surface area contributed by atoms with Crippen LogP contribution in [0, 0.1) is 5.82 Å². The lowest BCUT2D eigenvalue weighted by atomic mass is 10.1. The zero-order valence-electron chi connectivity index (χ0n) is 12.6. The smallest absolute Gasteiger partial charge is 0.363 e. The van der Waals surface area contributed by atoms with E-state index in [1.54, 1.807) is 18.2 Å². The summed E-state index contributed by atoms with van der Waals surface area (Å²) in [5.41, 5.74) is 1.49. The number of benzene rings is 3. The van der Waals surface area contributed by atoms with E-state index < -0.39 is 11.8 Å². The highest BCUT2D eigenvalue weighted by atomic mass is 19.1. The Labute approximate surface area is 137 Å². The van der Waals surface area contributed by atoms with E-state index in [1.165, 1.54) is 12.1 Å². The first kappa shape index (κ1) is 14.3. The minimum absolute atomic E-state index is 0.117. The fraction of sp³-hybridized carbons (Fsp3) is 0. The number of nitrogens with zero attached hydrogens (tertiary/aromatic N) is 1. The SMILES string of the molecule is O=C1OC(c2cccc(F)c2)=NC1=Cc1ccc2ccccc2c1. The molecular formula is C20H12FNO2. The third-order valence-corrected chi connectivity index (χ3v) is 3.77. The minimum Gasteiger partial charge on any atom is -0.402 e. The lowest BCUT2D eigenvalue weighted by Gasteiger charge is -1.99. The number of hydrogen-bond donors (Lipinski definition) is 0. The van der Waals surface area contributed by atoms with Crippen LogP contribution in [-0.4, -0.2) is 11.9 Å². The number of rotatable bonds is 2. The summed E-state index contributed by atoms with van der Waals surface area (Å²) in [7, 11) is 0. The quantitative estimate of drug-likeness (QED) is 0.521. The Morgan fingerprint density at radius 2 is 1.75 bits per heavy atom. The van der Waals surface area contributed by atoms with Gasteiger partial charge in [-0.3, -0.25) is 0 Å². The number of esters is 1. The first-order valence-electron chi connectivity index (χ1n) is 7.46. The van der Waals surface area contributed by atoms with Crippen LogP contribution in [0.3, 0.4) is 0 Å². The van der Waals surface area contributed by atoms with Crippen LogP contribution in [0.4, 0.5) is 4.39 Å². The Kier molecular flexibility index (Phi) is 3.43. The van der Waals surface area contributed by atoms with E-state index in [1.807, 2.05) is 42.5 Å². The van der Waals surface area contributed by atoms with Crippen molar-refractivity contribution >= 4 is 28.7 Å². The molecule has 0 saturated carbocycles. The molecule has 4 heteroatoms. The molecule has 0 amide bonds. The molecule has 0 fully saturated rings. The molecule has 3 aromatic rings. The van der Waals surface area contributed by atoms with Gasteiger partial charge in [0.05, 0.1) is 0 Å². The maximum atomic E-state index is 13.3. The highest BCUT2D eigenvalue weighted by molar-refractivity contribution is 6.13. The first-order chi connectivity index (χ1) is 11.7. The number of carbonyl (C=O) groups excluding carboxylic acids is 1. The average molecular weight is 317 g/mol. The summed E-state index contributed by atoms with van der Waals surface area (Å²) >= 11 is 0. The number of aliphatic imine (C=N–C) groups is 1. The second-order valence-electron chi connectivity index (χ2n) is 5.45. The lowest BCUT2D eigenvalue weighted by Crippen LogP contribution is -2.05. The molecule has 0 bridgehead atoms. The van der Waals surface area contributed by atoms with Gasteiger partial charge in [-0.05, 0) is 46.7 Å². The number of fused-ring (bicyclic) bond motifs is 1. The van der Waals surface area contributed by atoms with Gasteiger partial charge in [-0.1, -0.05) is 42.5 Å². The molecule has 116 valence electrons. The monoisotopic (exact) mass is 317 g/mol. The summed E-state index contributed by atoms with van der Waals surface area (Å²) in [5, 5.41) is 2.20. The molecule has 3 nitrogen and oxygen atoms in total. The van der Waals surface area contributed by atoms with Crippen molar-refractivity contribution in [3.8, 4) is 0 Å². The molecule has 1 aliphatic heterocycles. The van der Waals surface area contributed by atoms with E-state index in [0.717, 1.165) is 16.3 Å². The molecule has 0 aliphatic carbocycles. The maximum absolute atomic E-state index is 13.3. The highest BCUT2D eigenvalue weighted by Gasteiger charge is 2.24. The second-order valence-corrected chi connectivity index (χ2v) is 5.45. The molecule has 1 heterocycles. The van der Waals surface area contributed by atoms with Gasteiger partial charge in [0, 0.05) is 5.56 Å². The number of ether oxygens (including phenoxy) is 1. The molecule has 0 saturated heterocycles. The Bertz CT molecular complexity index is 1020. The third-order valence-electron chi connectivity index (χ3n) is 3.77. The maximum Gasteiger partial charge on any atom is 0.363 e. The van der Waals surface area contributed by atoms with Crippen molar-refractivity contribution < 1.29 is 13.9 Å². The molecule has 0 aromatic heterocycles. The largest absolute Gasteiger partial charge is 0.402 e. The highest BCUT2D eigenvalue weighted by Crippen LogP contribution is 2.22. The predicted molar refractivity (Wildman–Crippen MR) is 91.0 cm³/mol. The fourth-order valence-electron chi connectivity index (χ4n) is 2.61. The van der Waals surface area contributed by atoms with E-state index >= 15 is 0 Å². The third kappa shape index (κ3) is 2.70. The Morgan fingerprint density at radius 1 is 0.917 bits per heavy atom. The van der Waals surface area contributed by atoms with Gasteiger partial charge in [-0.15, -0.1) is 0 Å². The van der Waals surface area contributed by atoms with Crippen molar-refractivity contribution in [1.82, 2.24) is 0 Å². The van der Waals surface area contributed by atoms with Crippen molar-refractivity contribution in [3.05, 3.63) is 89.4 Å². The van der Waals surface area contributed by atoms with Crippen molar-refractivity contribution in [3.63, 3.8) is 0 Å². The van der Waals surface area contributed by atoms with E-state index in [0.29, 0.717) is 5.56 Å². The predicted octanol–water partition coefficient (Wildman–Crippen LogP) is 4.32. The summed E-state index contributed by atoms with van der Waals surface area (Å²) in [6.45, 7) is 0. The van der Waals surface area contributed by atoms with Crippen LogP contribution >= 0.6 is 0 Å². The molecule has 3 aromatic carbocycles. The summed E-state index contributed by atoms with van der Waals surface area (Å²) in [6, 6.07) is 19.6. The summed E-state index contributed by atoms with van der Waals surface area (Å²) in [6.07, 6.45) is 1.67. The van der Waals surface area contributed by atoms with Crippen LogP contribution < -0.4 is 0 Å². The van der Waals surface area contributed by atoms with Crippen LogP contribution in [0.2, 0.25) is 0 Å². The number of cyclic esters (lactones) is 1. The zero-order chi connectivity index (χ0) is 16.5. The van der Waals surface area contributed by atoms with E-state index in [-0.39, 0.29) is 11.6 Å². The Balaban J connectivity index is 1.71. The van der Waals surface area contributed by atoms with Gasteiger partial charge in [-0.2, -0.15) is 0 Å². The zero-order valence-corrected chi connectivity index (χ0v) is 12.6. The fourth-order valence-corrected chi connectivity index (χ4v) is 2.61. The normalized spacial score (nSPS) is 15.6. The van der Waals surface area contributed by atoms with E-state index in [9.17, 15) is 9.18 Å². The van der Waals surface area contributed by atoms with Crippen molar-refractivity contribution in [2.24, 2.45) is 4.99 Å². The summed E-state index contributed by atoms with van der Waals surface area (Å²) < 4.78 is 18.5. The van der Waals surface area contributed by atoms with Gasteiger partial charge < -0.3 is 4.74 Å². The number of carbonyl (C=O) groups is 1. The average Bonchev–Trinajstić information content (AvgIpc) is 2.96. The second kappa shape index (κ2) is 5.74. The molecule has 0 atom stereocenters. The van der Waals surface area contributed by atoms with Crippen LogP contribution in [0.25, 0.3) is 16.8 Å². The lowest BCUT2D eigenvalue weighted by molar-refractivity contribution is -0.129. The number of halogens is 1. The van der Waals surface area contributed by atoms with E-state index in [4.69, 9.17) is 4.74 Å². The first-order valence-corrected chi connectivity index (χ1v) is 7.46. The standard InChI is InChI=1S/C20H12FNO2/c21-17-7-3-6-16(12-17)19-22-18(20(23)24-19)11-13-8-9-14-4-1-2-5-15(14)10-13/h1-12H. The van der Waals surface area contributed by atoms with Crippen molar-refractivity contribution in [1.29, 1.82) is 0 Å². The van der Waals surface area contributed by atoms with Crippen molar-refractivity contribution in [2.45, 2.75) is 0 Å². The van der Waals surface area contributed by atoms with Crippen LogP contribution in [0.1, 0.15) is 11.1 Å². The molecule has 24 heavy (non-hydrogen) atoms. The van der Waals surface area contributed by atoms with Gasteiger partial charge in [0.15, 0.2) is 5.70 Å². The summed E-state index contributed by atoms with van der Waals surface area (Å²) in [4.78, 5) is 16.2. The van der Waals surface area contributed by atoms with E-state index in [2.05, 4.69) is 4.99 Å². The molecule has 1 aliphatic rings. The van der Waals surface area contributed by atoms with Gasteiger partial charge in [0.1, 0.15) is 5.82 Å². The molecule has 4 rings (SSSR count). The Hall–Kier alpha value is -3.27. The van der Waals surface area contributed by atoms with Gasteiger partial charge >= 0.3 is 5.97 Å². The molecular weight excluding hydrogens is 305 g/mol. The molecule has 0 unspecified atom stereocenters. The van der Waals surface area contributed by atoms with Crippen LogP contribution in [0.5, 0.6) is 0 Å². The van der Waals surface area contributed by atoms with Gasteiger partial charge in [-0.25, -0.2) is 14.2 Å². The molecule has 0 radical (unpaired) electrons. The topological polar surface area (TPSA) is 38.7 Å². The summed E-state index contributed by atoms with van der Waals surface area (Å²) in [5.74, 6) is -0.827. The van der Waals surface area contributed by atoms with Gasteiger partial charge in [0.2, 0.25) is 5.90 Å². The Morgan fingerprint density at radius 3 is 2.58 bits per heavy atom. The van der Waals surface area contributed by atoms with Crippen LogP contribution in [0.15, 0.2) is 77.4 Å². The van der Waals surface area contributed by atoms with Crippen molar-refractivity contribution in [2.75, 3.05) is 0 Å².